The van der Waals surface area contributed by atoms with E-state index in [1.54, 1.807) is 12.1 Å². The average Bonchev–Trinajstić information content (AvgIpc) is 2.85. The SMILES string of the molecule is c1cc2nnnn2nc1OCC1CCCCN1. The van der Waals surface area contributed by atoms with E-state index in [4.69, 9.17) is 4.74 Å². The van der Waals surface area contributed by atoms with E-state index in [-0.39, 0.29) is 0 Å². The van der Waals surface area contributed by atoms with Crippen molar-refractivity contribution in [2.45, 2.75) is 25.3 Å². The first-order chi connectivity index (χ1) is 8.42. The highest BCUT2D eigenvalue weighted by Crippen LogP contribution is 2.10. The Bertz CT molecular complexity index is 492. The molecule has 0 radical (unpaired) electrons. The first kappa shape index (κ1) is 10.4. The minimum atomic E-state index is 0.426. The van der Waals surface area contributed by atoms with Gasteiger partial charge in [0.2, 0.25) is 5.88 Å². The Morgan fingerprint density at radius 1 is 1.41 bits per heavy atom. The molecule has 1 unspecified atom stereocenters. The molecule has 3 heterocycles. The highest BCUT2D eigenvalue weighted by atomic mass is 16.5. The van der Waals surface area contributed by atoms with E-state index in [2.05, 4.69) is 25.9 Å². The minimum Gasteiger partial charge on any atom is -0.475 e. The lowest BCUT2D eigenvalue weighted by Gasteiger charge is -2.22. The zero-order valence-electron chi connectivity index (χ0n) is 9.41. The Balaban J connectivity index is 1.63. The van der Waals surface area contributed by atoms with Crippen LogP contribution in [0.25, 0.3) is 5.65 Å². The summed E-state index contributed by atoms with van der Waals surface area (Å²) < 4.78 is 7.00. The molecule has 1 aliphatic rings. The van der Waals surface area contributed by atoms with E-state index in [1.807, 2.05) is 0 Å². The van der Waals surface area contributed by atoms with E-state index in [0.717, 1.165) is 13.0 Å². The lowest BCUT2D eigenvalue weighted by atomic mass is 10.1. The van der Waals surface area contributed by atoms with Gasteiger partial charge in [0.1, 0.15) is 6.61 Å². The number of aromatic nitrogens is 5. The fourth-order valence-corrected chi connectivity index (χ4v) is 1.96. The molecule has 0 saturated carbocycles. The monoisotopic (exact) mass is 234 g/mol. The van der Waals surface area contributed by atoms with Crippen LogP contribution in [-0.4, -0.2) is 44.4 Å². The third-order valence-corrected chi connectivity index (χ3v) is 2.89. The second kappa shape index (κ2) is 4.62. The quantitative estimate of drug-likeness (QED) is 0.808. The molecule has 17 heavy (non-hydrogen) atoms. The van der Waals surface area contributed by atoms with Crippen molar-refractivity contribution < 1.29 is 4.74 Å². The number of hydrogen-bond donors (Lipinski definition) is 1. The largest absolute Gasteiger partial charge is 0.475 e. The average molecular weight is 234 g/mol. The smallest absolute Gasteiger partial charge is 0.233 e. The van der Waals surface area contributed by atoms with Gasteiger partial charge in [0.15, 0.2) is 5.65 Å². The van der Waals surface area contributed by atoms with Crippen molar-refractivity contribution in [2.24, 2.45) is 0 Å². The lowest BCUT2D eigenvalue weighted by Crippen LogP contribution is -2.38. The van der Waals surface area contributed by atoms with Gasteiger partial charge in [-0.15, -0.1) is 14.8 Å². The number of ether oxygens (including phenoxy) is 1. The molecule has 0 spiro atoms. The van der Waals surface area contributed by atoms with E-state index in [1.165, 1.54) is 17.5 Å². The van der Waals surface area contributed by atoms with Crippen LogP contribution in [0.1, 0.15) is 19.3 Å². The van der Waals surface area contributed by atoms with Gasteiger partial charge in [-0.3, -0.25) is 0 Å². The summed E-state index contributed by atoms with van der Waals surface area (Å²) in [7, 11) is 0. The van der Waals surface area contributed by atoms with Gasteiger partial charge in [-0.2, -0.15) is 0 Å². The molecule has 3 rings (SSSR count). The molecule has 1 N–H and O–H groups in total. The van der Waals surface area contributed by atoms with Gasteiger partial charge in [0.05, 0.1) is 0 Å². The number of rotatable bonds is 3. The summed E-state index contributed by atoms with van der Waals surface area (Å²) >= 11 is 0. The summed E-state index contributed by atoms with van der Waals surface area (Å²) in [6.45, 7) is 1.72. The zero-order valence-corrected chi connectivity index (χ0v) is 9.41. The van der Waals surface area contributed by atoms with Gasteiger partial charge in [0, 0.05) is 12.1 Å². The van der Waals surface area contributed by atoms with Crippen molar-refractivity contribution in [3.63, 3.8) is 0 Å². The minimum absolute atomic E-state index is 0.426. The number of nitrogens with one attached hydrogen (secondary N) is 1. The second-order valence-corrected chi connectivity index (χ2v) is 4.16. The van der Waals surface area contributed by atoms with Crippen LogP contribution in [0.5, 0.6) is 5.88 Å². The molecule has 1 saturated heterocycles. The van der Waals surface area contributed by atoms with Gasteiger partial charge in [-0.1, -0.05) is 6.42 Å². The number of fused-ring (bicyclic) bond motifs is 1. The molecule has 0 aliphatic carbocycles. The number of hydrogen-bond acceptors (Lipinski definition) is 6. The summed E-state index contributed by atoms with van der Waals surface area (Å²) in [6, 6.07) is 4.00. The van der Waals surface area contributed by atoms with Crippen molar-refractivity contribution in [3.05, 3.63) is 12.1 Å². The van der Waals surface area contributed by atoms with Crippen LogP contribution in [0, 0.1) is 0 Å². The van der Waals surface area contributed by atoms with Crippen LogP contribution in [-0.2, 0) is 0 Å². The lowest BCUT2D eigenvalue weighted by molar-refractivity contribution is 0.229. The number of tetrazole rings is 1. The Kier molecular flexibility index (Phi) is 2.83. The van der Waals surface area contributed by atoms with E-state index < -0.39 is 0 Å². The zero-order chi connectivity index (χ0) is 11.5. The molecule has 2 aromatic heterocycles. The van der Waals surface area contributed by atoms with Crippen LogP contribution < -0.4 is 10.1 Å². The molecular weight excluding hydrogens is 220 g/mol. The topological polar surface area (TPSA) is 77.2 Å². The van der Waals surface area contributed by atoms with E-state index in [0.29, 0.717) is 24.2 Å². The molecule has 7 heteroatoms. The maximum atomic E-state index is 5.63. The Labute approximate surface area is 98.1 Å². The molecular formula is C10H14N6O. The number of nitrogens with zero attached hydrogens (tertiary/aromatic N) is 5. The third kappa shape index (κ3) is 2.33. The highest BCUT2D eigenvalue weighted by Gasteiger charge is 2.13. The summed E-state index contributed by atoms with van der Waals surface area (Å²) in [4.78, 5) is 0. The molecule has 0 bridgehead atoms. The van der Waals surface area contributed by atoms with Crippen molar-refractivity contribution >= 4 is 5.65 Å². The van der Waals surface area contributed by atoms with E-state index in [9.17, 15) is 0 Å². The molecule has 0 amide bonds. The van der Waals surface area contributed by atoms with Gasteiger partial charge >= 0.3 is 0 Å². The first-order valence-corrected chi connectivity index (χ1v) is 5.83. The fourth-order valence-electron chi connectivity index (χ4n) is 1.96. The molecule has 1 atom stereocenters. The molecule has 0 aromatic carbocycles. The first-order valence-electron chi connectivity index (χ1n) is 5.83. The second-order valence-electron chi connectivity index (χ2n) is 4.16. The Morgan fingerprint density at radius 3 is 3.29 bits per heavy atom. The van der Waals surface area contributed by atoms with Crippen molar-refractivity contribution in [1.29, 1.82) is 0 Å². The Hall–Kier alpha value is -1.76. The van der Waals surface area contributed by atoms with Crippen LogP contribution in [0.15, 0.2) is 12.1 Å². The highest BCUT2D eigenvalue weighted by molar-refractivity contribution is 5.34. The van der Waals surface area contributed by atoms with Gasteiger partial charge in [-0.25, -0.2) is 0 Å². The summed E-state index contributed by atoms with van der Waals surface area (Å²) in [5, 5.41) is 18.6. The normalized spacial score (nSPS) is 20.6. The standard InChI is InChI=1S/C10H14N6O/c1-2-6-11-8(3-1)7-17-10-5-4-9-12-14-15-16(9)13-10/h4-5,8,11H,1-3,6-7H2. The summed E-state index contributed by atoms with van der Waals surface area (Å²) in [6.07, 6.45) is 3.68. The van der Waals surface area contributed by atoms with Crippen LogP contribution in [0.4, 0.5) is 0 Å². The molecule has 90 valence electrons. The molecule has 1 aliphatic heterocycles. The van der Waals surface area contributed by atoms with Crippen molar-refractivity contribution in [2.75, 3.05) is 13.2 Å². The van der Waals surface area contributed by atoms with Crippen molar-refractivity contribution in [3.8, 4) is 5.88 Å². The summed E-state index contributed by atoms with van der Waals surface area (Å²) in [5.41, 5.74) is 0.619. The summed E-state index contributed by atoms with van der Waals surface area (Å²) in [5.74, 6) is 0.553. The van der Waals surface area contributed by atoms with Gasteiger partial charge in [-0.05, 0) is 35.9 Å². The number of piperidine rings is 1. The predicted molar refractivity (Wildman–Crippen MR) is 59.7 cm³/mol. The molecule has 7 nitrogen and oxygen atoms in total. The van der Waals surface area contributed by atoms with E-state index >= 15 is 0 Å². The predicted octanol–water partition coefficient (Wildman–Crippen LogP) is 0.0402. The maximum absolute atomic E-state index is 5.63. The van der Waals surface area contributed by atoms with Gasteiger partial charge in [0.25, 0.3) is 0 Å². The third-order valence-electron chi connectivity index (χ3n) is 2.89. The van der Waals surface area contributed by atoms with Crippen LogP contribution in [0.2, 0.25) is 0 Å². The maximum Gasteiger partial charge on any atom is 0.233 e. The molecule has 2 aromatic rings. The molecule has 1 fully saturated rings. The fraction of sp³-hybridized carbons (Fsp3) is 0.600. The van der Waals surface area contributed by atoms with Crippen LogP contribution >= 0.6 is 0 Å². The van der Waals surface area contributed by atoms with Crippen molar-refractivity contribution in [1.82, 2.24) is 30.6 Å². The van der Waals surface area contributed by atoms with Gasteiger partial charge < -0.3 is 10.1 Å². The Morgan fingerprint density at radius 2 is 2.41 bits per heavy atom. The van der Waals surface area contributed by atoms with Crippen LogP contribution in [0.3, 0.4) is 0 Å².